The predicted octanol–water partition coefficient (Wildman–Crippen LogP) is 0.905. The van der Waals surface area contributed by atoms with E-state index in [-0.39, 0.29) is 25.6 Å². The highest BCUT2D eigenvalue weighted by molar-refractivity contribution is 5.76. The molecular weight excluding hydrogens is 237 g/mol. The quantitative estimate of drug-likeness (QED) is 0.793. The summed E-state index contributed by atoms with van der Waals surface area (Å²) < 4.78 is 41.9. The van der Waals surface area contributed by atoms with Crippen LogP contribution in [0.15, 0.2) is 0 Å². The van der Waals surface area contributed by atoms with Gasteiger partial charge in [0.15, 0.2) is 0 Å². The molecule has 0 saturated carbocycles. The van der Waals surface area contributed by atoms with Crippen molar-refractivity contribution < 1.29 is 22.7 Å². The maximum Gasteiger partial charge on any atom is 0.406 e. The van der Waals surface area contributed by atoms with E-state index >= 15 is 0 Å². The summed E-state index contributed by atoms with van der Waals surface area (Å²) >= 11 is 0. The van der Waals surface area contributed by atoms with Crippen molar-refractivity contribution in [2.75, 3.05) is 26.2 Å². The topological polar surface area (TPSA) is 55.6 Å². The van der Waals surface area contributed by atoms with Crippen LogP contribution in [-0.2, 0) is 9.53 Å². The van der Waals surface area contributed by atoms with Crippen LogP contribution in [0.1, 0.15) is 19.3 Å². The third-order valence-corrected chi connectivity index (χ3v) is 2.55. The highest BCUT2D eigenvalue weighted by Gasteiger charge is 2.33. The summed E-state index contributed by atoms with van der Waals surface area (Å²) in [5, 5.41) is 0. The van der Waals surface area contributed by atoms with Crippen LogP contribution in [-0.4, -0.2) is 49.3 Å². The fourth-order valence-corrected chi connectivity index (χ4v) is 1.79. The van der Waals surface area contributed by atoms with Gasteiger partial charge in [-0.05, 0) is 12.8 Å². The lowest BCUT2D eigenvalue weighted by molar-refractivity contribution is -0.162. The van der Waals surface area contributed by atoms with Crippen molar-refractivity contribution in [3.63, 3.8) is 0 Å². The summed E-state index contributed by atoms with van der Waals surface area (Å²) in [5.41, 5.74) is 5.20. The van der Waals surface area contributed by atoms with Crippen molar-refractivity contribution in [3.8, 4) is 0 Å². The van der Waals surface area contributed by atoms with Crippen molar-refractivity contribution >= 4 is 5.91 Å². The smallest absolute Gasteiger partial charge is 0.378 e. The summed E-state index contributed by atoms with van der Waals surface area (Å²) in [7, 11) is 0. The number of halogens is 3. The van der Waals surface area contributed by atoms with Crippen LogP contribution in [0.2, 0.25) is 0 Å². The van der Waals surface area contributed by atoms with Gasteiger partial charge in [-0.15, -0.1) is 0 Å². The van der Waals surface area contributed by atoms with E-state index in [0.717, 1.165) is 17.7 Å². The molecule has 1 saturated heterocycles. The van der Waals surface area contributed by atoms with Crippen LogP contribution in [0.25, 0.3) is 0 Å². The van der Waals surface area contributed by atoms with Gasteiger partial charge in [-0.3, -0.25) is 4.79 Å². The second-order valence-corrected chi connectivity index (χ2v) is 4.06. The summed E-state index contributed by atoms with van der Waals surface area (Å²) in [4.78, 5) is 12.4. The second-order valence-electron chi connectivity index (χ2n) is 4.06. The molecule has 1 fully saturated rings. The van der Waals surface area contributed by atoms with Crippen molar-refractivity contribution in [2.45, 2.75) is 31.5 Å². The molecule has 0 aromatic rings. The molecule has 1 aliphatic rings. The first kappa shape index (κ1) is 14.2. The van der Waals surface area contributed by atoms with E-state index in [1.165, 1.54) is 0 Å². The zero-order valence-corrected chi connectivity index (χ0v) is 9.50. The largest absolute Gasteiger partial charge is 0.406 e. The normalized spacial score (nSPS) is 20.6. The number of alkyl halides is 3. The predicted molar refractivity (Wildman–Crippen MR) is 55.3 cm³/mol. The van der Waals surface area contributed by atoms with Crippen LogP contribution in [0.5, 0.6) is 0 Å². The average molecular weight is 254 g/mol. The average Bonchev–Trinajstić information content (AvgIpc) is 2.67. The van der Waals surface area contributed by atoms with E-state index in [9.17, 15) is 18.0 Å². The van der Waals surface area contributed by atoms with Crippen molar-refractivity contribution in [1.29, 1.82) is 0 Å². The van der Waals surface area contributed by atoms with Gasteiger partial charge >= 0.3 is 6.18 Å². The van der Waals surface area contributed by atoms with Crippen LogP contribution in [0.3, 0.4) is 0 Å². The van der Waals surface area contributed by atoms with Gasteiger partial charge in [0.1, 0.15) is 6.54 Å². The van der Waals surface area contributed by atoms with Gasteiger partial charge < -0.3 is 15.4 Å². The zero-order chi connectivity index (χ0) is 12.9. The molecular formula is C10H17F3N2O2. The van der Waals surface area contributed by atoms with Gasteiger partial charge in [0.05, 0.1) is 12.5 Å². The molecule has 0 aromatic carbocycles. The fourth-order valence-electron chi connectivity index (χ4n) is 1.79. The number of nitrogens with zero attached hydrogens (tertiary/aromatic N) is 1. The summed E-state index contributed by atoms with van der Waals surface area (Å²) in [6, 6.07) is 0. The molecule has 0 aromatic heterocycles. The molecule has 1 atom stereocenters. The molecule has 100 valence electrons. The Morgan fingerprint density at radius 1 is 1.47 bits per heavy atom. The van der Waals surface area contributed by atoms with Crippen LogP contribution in [0.4, 0.5) is 13.2 Å². The SMILES string of the molecule is NCCN(CC(F)(F)F)C(=O)CC1CCCO1. The van der Waals surface area contributed by atoms with Gasteiger partial charge in [0.2, 0.25) is 5.91 Å². The highest BCUT2D eigenvalue weighted by atomic mass is 19.4. The molecule has 0 aliphatic carbocycles. The van der Waals surface area contributed by atoms with E-state index in [4.69, 9.17) is 10.5 Å². The molecule has 1 heterocycles. The van der Waals surface area contributed by atoms with E-state index < -0.39 is 18.6 Å². The van der Waals surface area contributed by atoms with Crippen LogP contribution < -0.4 is 5.73 Å². The number of amides is 1. The van der Waals surface area contributed by atoms with Crippen LogP contribution in [0, 0.1) is 0 Å². The number of hydrogen-bond donors (Lipinski definition) is 1. The molecule has 1 rings (SSSR count). The third-order valence-electron chi connectivity index (χ3n) is 2.55. The summed E-state index contributed by atoms with van der Waals surface area (Å²) in [6.45, 7) is -0.720. The number of rotatable bonds is 5. The maximum atomic E-state index is 12.2. The first-order valence-electron chi connectivity index (χ1n) is 5.58. The molecule has 1 unspecified atom stereocenters. The Hall–Kier alpha value is -0.820. The minimum atomic E-state index is -4.39. The first-order chi connectivity index (χ1) is 7.92. The minimum Gasteiger partial charge on any atom is -0.378 e. The van der Waals surface area contributed by atoms with Crippen molar-refractivity contribution in [3.05, 3.63) is 0 Å². The second kappa shape index (κ2) is 6.20. The molecule has 2 N–H and O–H groups in total. The molecule has 17 heavy (non-hydrogen) atoms. The molecule has 1 amide bonds. The number of hydrogen-bond acceptors (Lipinski definition) is 3. The van der Waals surface area contributed by atoms with Gasteiger partial charge in [-0.2, -0.15) is 13.2 Å². The van der Waals surface area contributed by atoms with Gasteiger partial charge in [-0.1, -0.05) is 0 Å². The Balaban J connectivity index is 2.47. The standard InChI is InChI=1S/C10H17F3N2O2/c11-10(12,13)7-15(4-3-14)9(16)6-8-2-1-5-17-8/h8H,1-7,14H2. The van der Waals surface area contributed by atoms with Crippen LogP contribution >= 0.6 is 0 Å². The summed E-state index contributed by atoms with van der Waals surface area (Å²) in [5.74, 6) is -0.542. The molecule has 4 nitrogen and oxygen atoms in total. The van der Waals surface area contributed by atoms with Gasteiger partial charge in [-0.25, -0.2) is 0 Å². The molecule has 7 heteroatoms. The number of nitrogens with two attached hydrogens (primary N) is 1. The molecule has 0 spiro atoms. The number of carbonyl (C=O) groups excluding carboxylic acids is 1. The highest BCUT2D eigenvalue weighted by Crippen LogP contribution is 2.20. The minimum absolute atomic E-state index is 0.01000. The van der Waals surface area contributed by atoms with E-state index in [0.29, 0.717) is 6.61 Å². The molecule has 1 aliphatic heterocycles. The number of ether oxygens (including phenoxy) is 1. The Labute approximate surface area is 97.9 Å². The Bertz CT molecular complexity index is 252. The molecule has 0 bridgehead atoms. The van der Waals surface area contributed by atoms with Crippen molar-refractivity contribution in [1.82, 2.24) is 4.90 Å². The van der Waals surface area contributed by atoms with E-state index in [1.54, 1.807) is 0 Å². The fraction of sp³-hybridized carbons (Fsp3) is 0.900. The Morgan fingerprint density at radius 3 is 2.65 bits per heavy atom. The lowest BCUT2D eigenvalue weighted by atomic mass is 10.1. The monoisotopic (exact) mass is 254 g/mol. The van der Waals surface area contributed by atoms with Gasteiger partial charge in [0, 0.05) is 19.7 Å². The summed E-state index contributed by atoms with van der Waals surface area (Å²) in [6.07, 6.45) is -3.03. The lowest BCUT2D eigenvalue weighted by Gasteiger charge is -2.24. The molecule has 0 radical (unpaired) electrons. The Kier molecular flexibility index (Phi) is 5.20. The van der Waals surface area contributed by atoms with E-state index in [2.05, 4.69) is 0 Å². The lowest BCUT2D eigenvalue weighted by Crippen LogP contribution is -2.42. The van der Waals surface area contributed by atoms with E-state index in [1.807, 2.05) is 0 Å². The zero-order valence-electron chi connectivity index (χ0n) is 9.50. The number of carbonyl (C=O) groups is 1. The first-order valence-corrected chi connectivity index (χ1v) is 5.58. The Morgan fingerprint density at radius 2 is 2.18 bits per heavy atom. The maximum absolute atomic E-state index is 12.2. The third kappa shape index (κ3) is 5.36. The van der Waals surface area contributed by atoms with Gasteiger partial charge in [0.25, 0.3) is 0 Å². The van der Waals surface area contributed by atoms with Crippen molar-refractivity contribution in [2.24, 2.45) is 5.73 Å².